The van der Waals surface area contributed by atoms with Crippen molar-refractivity contribution in [3.63, 3.8) is 0 Å². The van der Waals surface area contributed by atoms with Crippen LogP contribution in [-0.4, -0.2) is 42.9 Å². The topological polar surface area (TPSA) is 38.3 Å². The molecule has 4 rings (SSSR count). The Labute approximate surface area is 173 Å². The summed E-state index contributed by atoms with van der Waals surface area (Å²) in [5.74, 6) is -0.325. The fourth-order valence-electron chi connectivity index (χ4n) is 4.50. The lowest BCUT2D eigenvalue weighted by Gasteiger charge is -2.43. The molecule has 0 aliphatic carbocycles. The van der Waals surface area contributed by atoms with Gasteiger partial charge in [0.1, 0.15) is 11.9 Å². The number of anilines is 1. The Morgan fingerprint density at radius 2 is 1.93 bits per heavy atom. The average Bonchev–Trinajstić information content (AvgIpc) is 3.13. The maximum absolute atomic E-state index is 13.7. The van der Waals surface area contributed by atoms with Crippen LogP contribution in [0, 0.1) is 5.82 Å². The lowest BCUT2D eigenvalue weighted by molar-refractivity contribution is -0.931. The lowest BCUT2D eigenvalue weighted by atomic mass is 9.98. The maximum Gasteiger partial charge on any atom is 0.411 e. The van der Waals surface area contributed by atoms with Crippen LogP contribution in [0.2, 0.25) is 0 Å². The highest BCUT2D eigenvalue weighted by molar-refractivity contribution is 7.08. The van der Waals surface area contributed by atoms with Crippen LogP contribution in [0.4, 0.5) is 14.9 Å². The number of nitrogens with zero attached hydrogens (tertiary/aromatic N) is 1. The van der Waals surface area contributed by atoms with E-state index in [-0.39, 0.29) is 28.9 Å². The van der Waals surface area contributed by atoms with E-state index in [1.54, 1.807) is 6.07 Å². The minimum absolute atomic E-state index is 0. The number of hydrogen-bond acceptors (Lipinski definition) is 3. The molecule has 3 heterocycles. The molecule has 1 unspecified atom stereocenters. The van der Waals surface area contributed by atoms with E-state index >= 15 is 0 Å². The number of amides is 1. The van der Waals surface area contributed by atoms with Crippen LogP contribution in [0.15, 0.2) is 35.0 Å². The molecule has 27 heavy (non-hydrogen) atoms. The van der Waals surface area contributed by atoms with Crippen molar-refractivity contribution in [3.8, 4) is 11.1 Å². The summed E-state index contributed by atoms with van der Waals surface area (Å²) < 4.78 is 20.4. The minimum atomic E-state index is -0.454. The van der Waals surface area contributed by atoms with Gasteiger partial charge in [-0.05, 0) is 40.6 Å². The number of hydrogen-bond donors (Lipinski definition) is 1. The molecule has 0 radical (unpaired) electrons. The lowest BCUT2D eigenvalue weighted by Crippen LogP contribution is -3.00. The number of thiophene rings is 1. The molecule has 4 nitrogen and oxygen atoms in total. The predicted octanol–water partition coefficient (Wildman–Crippen LogP) is 1.88. The molecule has 1 N–H and O–H groups in total. The molecule has 1 aromatic carbocycles. The van der Waals surface area contributed by atoms with Crippen molar-refractivity contribution in [2.45, 2.75) is 43.9 Å². The van der Waals surface area contributed by atoms with Crippen LogP contribution in [-0.2, 0) is 4.74 Å². The number of nitrogens with one attached hydrogen (secondary N) is 1. The van der Waals surface area contributed by atoms with Crippen molar-refractivity contribution in [2.24, 2.45) is 0 Å². The average molecular weight is 455 g/mol. The van der Waals surface area contributed by atoms with Crippen molar-refractivity contribution in [3.05, 3.63) is 40.8 Å². The van der Waals surface area contributed by atoms with E-state index in [2.05, 4.69) is 19.4 Å². The summed E-state index contributed by atoms with van der Waals surface area (Å²) in [7, 11) is 4.56. The van der Waals surface area contributed by atoms with Crippen molar-refractivity contribution in [1.29, 1.82) is 0 Å². The number of rotatable bonds is 3. The van der Waals surface area contributed by atoms with E-state index < -0.39 is 6.09 Å². The Hall–Kier alpha value is -1.44. The Bertz CT molecular complexity index is 796. The Morgan fingerprint density at radius 1 is 1.22 bits per heavy atom. The van der Waals surface area contributed by atoms with E-state index in [1.807, 2.05) is 16.8 Å². The Balaban J connectivity index is 0.00000210. The van der Waals surface area contributed by atoms with Crippen LogP contribution >= 0.6 is 11.3 Å². The van der Waals surface area contributed by atoms with Gasteiger partial charge in [0.05, 0.1) is 31.9 Å². The Morgan fingerprint density at radius 3 is 2.56 bits per heavy atom. The van der Waals surface area contributed by atoms with Gasteiger partial charge in [0.25, 0.3) is 0 Å². The number of ether oxygens (including phenoxy) is 1. The molecule has 0 saturated carbocycles. The molecule has 2 saturated heterocycles. The second-order valence-electron chi connectivity index (χ2n) is 7.84. The molecular weight excluding hydrogens is 431 g/mol. The molecular formula is C20H24BrFN2O2S. The second-order valence-corrected chi connectivity index (χ2v) is 8.62. The first-order valence-electron chi connectivity index (χ1n) is 9.06. The summed E-state index contributed by atoms with van der Waals surface area (Å²) in [4.78, 5) is 12.5. The highest BCUT2D eigenvalue weighted by atomic mass is 79.9. The van der Waals surface area contributed by atoms with Crippen LogP contribution < -0.4 is 22.3 Å². The fourth-order valence-corrected chi connectivity index (χ4v) is 5.16. The SMILES string of the molecule is C[N+]1(C)[C@@H]2CC[C@H]1CC(OC(=O)Nc1ccc(F)cc1-c1ccsc1)C2.[Br-]. The van der Waals surface area contributed by atoms with Crippen molar-refractivity contribution in [2.75, 3.05) is 19.4 Å². The van der Waals surface area contributed by atoms with E-state index in [4.69, 9.17) is 4.74 Å². The van der Waals surface area contributed by atoms with Gasteiger partial charge in [0, 0.05) is 31.2 Å². The summed E-state index contributed by atoms with van der Waals surface area (Å²) >= 11 is 1.54. The quantitative estimate of drug-likeness (QED) is 0.718. The normalized spacial score (nSPS) is 25.5. The van der Waals surface area contributed by atoms with Gasteiger partial charge in [-0.15, -0.1) is 0 Å². The van der Waals surface area contributed by atoms with Crippen LogP contribution in [0.3, 0.4) is 0 Å². The Kier molecular flexibility index (Phi) is 5.93. The molecule has 2 aliphatic heterocycles. The number of quaternary nitrogens is 1. The number of halogens is 2. The first-order chi connectivity index (χ1) is 12.4. The third-order valence-corrected chi connectivity index (χ3v) is 6.79. The smallest absolute Gasteiger partial charge is 0.411 e. The molecule has 7 heteroatoms. The van der Waals surface area contributed by atoms with Gasteiger partial charge in [-0.25, -0.2) is 9.18 Å². The van der Waals surface area contributed by atoms with Crippen molar-refractivity contribution >= 4 is 23.1 Å². The third kappa shape index (κ3) is 4.05. The van der Waals surface area contributed by atoms with E-state index in [1.165, 1.54) is 36.3 Å². The molecule has 2 fully saturated rings. The third-order valence-electron chi connectivity index (χ3n) is 6.11. The summed E-state index contributed by atoms with van der Waals surface area (Å²) in [6.07, 6.45) is 3.75. The highest BCUT2D eigenvalue weighted by Gasteiger charge is 2.49. The zero-order chi connectivity index (χ0) is 18.3. The number of fused-ring (bicyclic) bond motifs is 2. The minimum Gasteiger partial charge on any atom is -1.00 e. The van der Waals surface area contributed by atoms with Gasteiger partial charge >= 0.3 is 6.09 Å². The standard InChI is InChI=1S/C20H23FN2O2S.BrH/c1-23(2)15-4-5-16(23)11-17(10-15)25-20(24)22-19-6-3-14(21)9-18(19)13-7-8-26-12-13;/h3,6-9,12,15-17H,4-5,10-11H2,1-2H3;1H/t15-,16+,17?;. The molecule has 2 bridgehead atoms. The maximum atomic E-state index is 13.7. The largest absolute Gasteiger partial charge is 1.00 e. The summed E-state index contributed by atoms with van der Waals surface area (Å²) in [5.41, 5.74) is 2.13. The van der Waals surface area contributed by atoms with Gasteiger partial charge in [0.15, 0.2) is 0 Å². The summed E-state index contributed by atoms with van der Waals surface area (Å²) in [5, 5.41) is 6.68. The second kappa shape index (κ2) is 7.89. The van der Waals surface area contributed by atoms with E-state index in [0.29, 0.717) is 23.3 Å². The summed E-state index contributed by atoms with van der Waals surface area (Å²) in [6, 6.07) is 7.44. The van der Waals surface area contributed by atoms with Gasteiger partial charge in [-0.2, -0.15) is 11.3 Å². The predicted molar refractivity (Wildman–Crippen MR) is 102 cm³/mol. The first kappa shape index (κ1) is 20.3. The highest BCUT2D eigenvalue weighted by Crippen LogP contribution is 2.40. The molecule has 3 atom stereocenters. The molecule has 1 amide bonds. The van der Waals surface area contributed by atoms with Gasteiger partial charge in [-0.3, -0.25) is 5.32 Å². The van der Waals surface area contributed by atoms with Crippen molar-refractivity contribution < 1.29 is 35.4 Å². The molecule has 1 aromatic heterocycles. The molecule has 2 aromatic rings. The number of piperidine rings is 1. The van der Waals surface area contributed by atoms with Gasteiger partial charge in [-0.1, -0.05) is 0 Å². The molecule has 146 valence electrons. The van der Waals surface area contributed by atoms with Crippen LogP contribution in [0.5, 0.6) is 0 Å². The number of carbonyl (C=O) groups is 1. The van der Waals surface area contributed by atoms with Crippen LogP contribution in [0.25, 0.3) is 11.1 Å². The molecule has 2 aliphatic rings. The monoisotopic (exact) mass is 454 g/mol. The summed E-state index contributed by atoms with van der Waals surface area (Å²) in [6.45, 7) is 0. The zero-order valence-corrected chi connectivity index (χ0v) is 17.9. The fraction of sp³-hybridized carbons (Fsp3) is 0.450. The van der Waals surface area contributed by atoms with E-state index in [0.717, 1.165) is 22.9 Å². The van der Waals surface area contributed by atoms with Crippen LogP contribution in [0.1, 0.15) is 25.7 Å². The number of carbonyl (C=O) groups excluding carboxylic acids is 1. The first-order valence-corrected chi connectivity index (χ1v) is 10.0. The van der Waals surface area contributed by atoms with E-state index in [9.17, 15) is 9.18 Å². The van der Waals surface area contributed by atoms with Gasteiger partial charge in [0.2, 0.25) is 0 Å². The van der Waals surface area contributed by atoms with Gasteiger partial charge < -0.3 is 26.2 Å². The number of benzene rings is 1. The molecule has 0 spiro atoms. The van der Waals surface area contributed by atoms with Crippen molar-refractivity contribution in [1.82, 2.24) is 0 Å². The zero-order valence-electron chi connectivity index (χ0n) is 15.5.